The number of thioether (sulfide) groups is 2. The molecular formula is C62H68N6O18S4. The number of ether oxygens (including phenoxy) is 4. The average Bonchev–Trinajstić information content (AvgIpc) is 1.45. The van der Waals surface area contributed by atoms with Crippen LogP contribution in [0.25, 0.3) is 0 Å². The summed E-state index contributed by atoms with van der Waals surface area (Å²) in [6, 6.07) is 25.6. The monoisotopic (exact) mass is 1310 g/mol. The molecule has 10 rings (SSSR count). The Kier molecular flexibility index (Phi) is 16.3. The van der Waals surface area contributed by atoms with Crippen LogP contribution in [0, 0.1) is 23.7 Å². The zero-order valence-corrected chi connectivity index (χ0v) is 54.6. The standard InChI is InChI=1S/C62H68N6O18S4/c1-35(2)47(71)85-59(33-83-39(9)69)53(75)65-51-57(31-61(65,55(77)63(59)11)87-49(73)37(5)6,43-27-19-21-29-45(43)67(51)89(79,80)41-23-15-13-16-24-41)58-32-62(88-50(74)38(7)8)56(78)64(12)60(34-84-40(10)70,86-48(72)36(3)4)54(76)66(62)52(58)68(46-30-22-20-28-44(46)58)90(81,82)42-25-17-14-18-26-42/h13-30,35-38,51-52H,31-34H2,1-12H3/t51-,52-,57-,58-,59+,60+,61-,62-/m0/s1. The van der Waals surface area contributed by atoms with Crippen molar-refractivity contribution in [1.82, 2.24) is 19.6 Å². The van der Waals surface area contributed by atoms with Crippen LogP contribution in [0.5, 0.6) is 0 Å². The fourth-order valence-electron chi connectivity index (χ4n) is 13.4. The summed E-state index contributed by atoms with van der Waals surface area (Å²) in [5.74, 6) is -13.5. The van der Waals surface area contributed by atoms with E-state index >= 15 is 45.6 Å². The molecule has 24 nitrogen and oxygen atoms in total. The second kappa shape index (κ2) is 22.5. The highest BCUT2D eigenvalue weighted by atomic mass is 32.2. The predicted octanol–water partition coefficient (Wildman–Crippen LogP) is 5.48. The highest BCUT2D eigenvalue weighted by Crippen LogP contribution is 2.77. The van der Waals surface area contributed by atoms with Gasteiger partial charge in [-0.25, -0.2) is 25.4 Å². The molecule has 6 heterocycles. The molecule has 6 aliphatic rings. The molecule has 6 aliphatic heterocycles. The number of nitrogens with zero attached hydrogens (tertiary/aromatic N) is 6. The summed E-state index contributed by atoms with van der Waals surface area (Å²) >= 11 is 0.673. The van der Waals surface area contributed by atoms with Crippen molar-refractivity contribution < 1.29 is 83.7 Å². The summed E-state index contributed by atoms with van der Waals surface area (Å²) in [7, 11) is -8.29. The number of anilines is 2. The molecule has 0 unspecified atom stereocenters. The number of carbonyl (C=O) groups excluding carboxylic acids is 10. The van der Waals surface area contributed by atoms with E-state index in [1.807, 2.05) is 0 Å². The molecule has 4 aromatic rings. The van der Waals surface area contributed by atoms with Crippen molar-refractivity contribution in [2.45, 2.75) is 136 Å². The summed E-state index contributed by atoms with van der Waals surface area (Å²) in [5, 5.41) is -1.49. The zero-order valence-electron chi connectivity index (χ0n) is 51.3. The number of esters is 4. The first-order chi connectivity index (χ1) is 42.2. The first kappa shape index (κ1) is 65.1. The Morgan fingerprint density at radius 2 is 0.789 bits per heavy atom. The number of likely N-dealkylation sites (N-methyl/N-ethyl adjacent to an activating group) is 2. The molecule has 4 aromatic carbocycles. The Hall–Kier alpha value is -7.82. The van der Waals surface area contributed by atoms with Crippen LogP contribution < -0.4 is 8.61 Å². The smallest absolute Gasteiger partial charge is 0.311 e. The van der Waals surface area contributed by atoms with Gasteiger partial charge >= 0.3 is 35.3 Å². The molecule has 90 heavy (non-hydrogen) atoms. The van der Waals surface area contributed by atoms with E-state index < -0.39 is 182 Å². The molecule has 0 radical (unpaired) electrons. The Labute approximate surface area is 529 Å². The van der Waals surface area contributed by atoms with Gasteiger partial charge in [-0.1, -0.05) is 128 Å². The minimum Gasteiger partial charge on any atom is -0.459 e. The maximum atomic E-state index is 17.2. The Morgan fingerprint density at radius 1 is 0.478 bits per heavy atom. The zero-order chi connectivity index (χ0) is 66.0. The summed E-state index contributed by atoms with van der Waals surface area (Å²) in [6.45, 7) is 11.3. The lowest BCUT2D eigenvalue weighted by molar-refractivity contribution is -0.224. The van der Waals surface area contributed by atoms with Crippen LogP contribution in [-0.2, 0) is 97.8 Å². The van der Waals surface area contributed by atoms with Crippen molar-refractivity contribution in [1.29, 1.82) is 0 Å². The molecule has 0 bridgehead atoms. The highest BCUT2D eigenvalue weighted by Gasteiger charge is 2.89. The molecule has 8 atom stereocenters. The topological polar surface area (TPSA) is 295 Å². The number of fused-ring (bicyclic) bond motifs is 11. The minimum absolute atomic E-state index is 0.0616. The molecule has 0 N–H and O–H groups in total. The third kappa shape index (κ3) is 9.09. The third-order valence-electron chi connectivity index (χ3n) is 17.6. The SMILES string of the molecule is CC(=O)OC[C@@]1(OC(=O)C(C)C)C(=O)N2[C@H]3N(S(=O)(=O)c4ccccc4)c4ccccc4[C@@]3([C@]34C[C@]5(SC(=O)C(C)C)C(=O)N(C)[C@](COC(C)=O)(OC(=O)C(C)C)C(=O)N5[C@H]3N(S(=O)(=O)c3ccccc3)c3ccccc34)C[C@]2(SC(=O)C(C)C)C(=O)N1C. The van der Waals surface area contributed by atoms with Gasteiger partial charge in [0.2, 0.25) is 0 Å². The number of para-hydroxylation sites is 2. The molecule has 0 aliphatic carbocycles. The van der Waals surface area contributed by atoms with E-state index in [1.165, 1.54) is 152 Å². The quantitative estimate of drug-likeness (QED) is 0.0933. The van der Waals surface area contributed by atoms with Gasteiger partial charge in [-0.2, -0.15) is 0 Å². The average molecular weight is 1310 g/mol. The van der Waals surface area contributed by atoms with Crippen molar-refractivity contribution in [2.75, 3.05) is 35.9 Å². The van der Waals surface area contributed by atoms with E-state index in [9.17, 15) is 19.2 Å². The van der Waals surface area contributed by atoms with Gasteiger partial charge in [-0.15, -0.1) is 0 Å². The Morgan fingerprint density at radius 3 is 1.09 bits per heavy atom. The van der Waals surface area contributed by atoms with Gasteiger partial charge in [0.1, 0.15) is 12.3 Å². The maximum Gasteiger partial charge on any atom is 0.311 e. The molecule has 478 valence electrons. The molecule has 4 fully saturated rings. The van der Waals surface area contributed by atoms with Crippen molar-refractivity contribution in [2.24, 2.45) is 23.7 Å². The summed E-state index contributed by atoms with van der Waals surface area (Å²) < 4.78 is 91.6. The van der Waals surface area contributed by atoms with E-state index in [2.05, 4.69) is 0 Å². The fraction of sp³-hybridized carbons (Fsp3) is 0.452. The number of benzene rings is 4. The van der Waals surface area contributed by atoms with E-state index in [0.717, 1.165) is 56.2 Å². The summed E-state index contributed by atoms with van der Waals surface area (Å²) in [4.78, 5) is 150. The van der Waals surface area contributed by atoms with Gasteiger partial charge in [0.05, 0.1) is 43.8 Å². The van der Waals surface area contributed by atoms with Crippen LogP contribution >= 0.6 is 23.5 Å². The van der Waals surface area contributed by atoms with Gasteiger partial charge < -0.3 is 18.9 Å². The number of hydrogen-bond donors (Lipinski definition) is 0. The van der Waals surface area contributed by atoms with Crippen LogP contribution in [0.15, 0.2) is 119 Å². The molecule has 0 aromatic heterocycles. The van der Waals surface area contributed by atoms with Gasteiger partial charge in [-0.3, -0.25) is 67.5 Å². The first-order valence-electron chi connectivity index (χ1n) is 29.0. The number of rotatable bonds is 17. The van der Waals surface area contributed by atoms with Crippen LogP contribution in [0.2, 0.25) is 0 Å². The Bertz CT molecular complexity index is 3710. The molecule has 0 saturated carbocycles. The van der Waals surface area contributed by atoms with Gasteiger partial charge in [-0.05, 0) is 71.0 Å². The van der Waals surface area contributed by atoms with E-state index in [0.29, 0.717) is 23.5 Å². The third-order valence-corrected chi connectivity index (χ3v) is 24.3. The lowest BCUT2D eigenvalue weighted by Crippen LogP contribution is -2.78. The van der Waals surface area contributed by atoms with Crippen LogP contribution in [0.3, 0.4) is 0 Å². The summed E-state index contributed by atoms with van der Waals surface area (Å²) in [5.41, 5.74) is -11.7. The number of hydrogen-bond acceptors (Lipinski definition) is 20. The number of amides is 4. The van der Waals surface area contributed by atoms with Crippen molar-refractivity contribution >= 4 is 113 Å². The van der Waals surface area contributed by atoms with Crippen LogP contribution in [0.4, 0.5) is 11.4 Å². The van der Waals surface area contributed by atoms with Gasteiger partial charge in [0.15, 0.2) is 33.2 Å². The van der Waals surface area contributed by atoms with E-state index in [-0.39, 0.29) is 22.5 Å². The van der Waals surface area contributed by atoms with Gasteiger partial charge in [0.25, 0.3) is 43.7 Å². The van der Waals surface area contributed by atoms with Crippen molar-refractivity contribution in [3.05, 3.63) is 120 Å². The van der Waals surface area contributed by atoms with Crippen LogP contribution in [0.1, 0.15) is 93.2 Å². The predicted molar refractivity (Wildman–Crippen MR) is 325 cm³/mol. The molecule has 4 saturated heterocycles. The van der Waals surface area contributed by atoms with Crippen LogP contribution in [-0.4, -0.2) is 155 Å². The normalized spacial score (nSPS) is 27.6. The lowest BCUT2D eigenvalue weighted by atomic mass is 9.54. The lowest BCUT2D eigenvalue weighted by Gasteiger charge is -2.54. The second-order valence-corrected chi connectivity index (χ2v) is 30.6. The largest absolute Gasteiger partial charge is 0.459 e. The number of piperazine rings is 2. The van der Waals surface area contributed by atoms with E-state index in [1.54, 1.807) is 12.1 Å². The maximum absolute atomic E-state index is 17.2. The Balaban J connectivity index is 1.46. The van der Waals surface area contributed by atoms with Crippen molar-refractivity contribution in [3.63, 3.8) is 0 Å². The number of sulfonamides is 2. The van der Waals surface area contributed by atoms with Gasteiger partial charge in [0, 0.05) is 52.6 Å². The molecule has 0 spiro atoms. The van der Waals surface area contributed by atoms with Crippen molar-refractivity contribution in [3.8, 4) is 0 Å². The fourth-order valence-corrected chi connectivity index (χ4v) is 19.5. The summed E-state index contributed by atoms with van der Waals surface area (Å²) in [6.07, 6.45) is -6.48. The minimum atomic E-state index is -5.23. The van der Waals surface area contributed by atoms with E-state index in [4.69, 9.17) is 18.9 Å². The molecule has 4 amide bonds. The highest BCUT2D eigenvalue weighted by molar-refractivity contribution is 8.15. The number of carbonyl (C=O) groups is 10. The second-order valence-electron chi connectivity index (χ2n) is 24.4. The molecular weight excluding hydrogens is 1240 g/mol. The first-order valence-corrected chi connectivity index (χ1v) is 33.5. The molecule has 28 heteroatoms.